The molecule has 0 rings (SSSR count). The van der Waals surface area contributed by atoms with Crippen LogP contribution >= 0.6 is 0 Å². The average molecular weight is 149 g/mol. The SMILES string of the molecule is CON(C)C(=O)C(O)CO. The fourth-order valence-corrected chi connectivity index (χ4v) is 0.378. The van der Waals surface area contributed by atoms with Crippen LogP contribution < -0.4 is 0 Å². The van der Waals surface area contributed by atoms with E-state index in [1.54, 1.807) is 0 Å². The number of aliphatic hydroxyl groups is 2. The largest absolute Gasteiger partial charge is 0.393 e. The van der Waals surface area contributed by atoms with E-state index in [0.29, 0.717) is 0 Å². The molecule has 0 aliphatic rings. The lowest BCUT2D eigenvalue weighted by molar-refractivity contribution is -0.179. The molecule has 60 valence electrons. The van der Waals surface area contributed by atoms with Crippen molar-refractivity contribution in [3.8, 4) is 0 Å². The summed E-state index contributed by atoms with van der Waals surface area (Å²) < 4.78 is 0. The molecule has 0 fully saturated rings. The van der Waals surface area contributed by atoms with Crippen LogP contribution in [0, 0.1) is 0 Å². The minimum Gasteiger partial charge on any atom is -0.393 e. The third-order valence-electron chi connectivity index (χ3n) is 1.04. The van der Waals surface area contributed by atoms with E-state index in [1.807, 2.05) is 0 Å². The van der Waals surface area contributed by atoms with Gasteiger partial charge in [0.25, 0.3) is 5.91 Å². The summed E-state index contributed by atoms with van der Waals surface area (Å²) in [4.78, 5) is 15.1. The number of amides is 1. The Morgan fingerprint density at radius 1 is 1.80 bits per heavy atom. The van der Waals surface area contributed by atoms with Crippen molar-refractivity contribution in [2.45, 2.75) is 6.10 Å². The highest BCUT2D eigenvalue weighted by molar-refractivity contribution is 5.79. The standard InChI is InChI=1S/C5H11NO4/c1-6(10-2)5(9)4(8)3-7/h4,7-8H,3H2,1-2H3. The van der Waals surface area contributed by atoms with Gasteiger partial charge in [-0.15, -0.1) is 0 Å². The third kappa shape index (κ3) is 2.30. The van der Waals surface area contributed by atoms with E-state index in [0.717, 1.165) is 5.06 Å². The van der Waals surface area contributed by atoms with Gasteiger partial charge in [-0.05, 0) is 0 Å². The molecular weight excluding hydrogens is 138 g/mol. The van der Waals surface area contributed by atoms with Gasteiger partial charge in [0, 0.05) is 7.05 Å². The predicted molar refractivity (Wildman–Crippen MR) is 32.9 cm³/mol. The Balaban J connectivity index is 3.82. The molecule has 5 nitrogen and oxygen atoms in total. The topological polar surface area (TPSA) is 70.0 Å². The normalized spacial score (nSPS) is 12.8. The number of aliphatic hydroxyl groups excluding tert-OH is 2. The summed E-state index contributed by atoms with van der Waals surface area (Å²) in [6, 6.07) is 0. The van der Waals surface area contributed by atoms with Gasteiger partial charge in [0.2, 0.25) is 0 Å². The number of hydrogen-bond acceptors (Lipinski definition) is 4. The maximum absolute atomic E-state index is 10.7. The molecule has 1 amide bonds. The van der Waals surface area contributed by atoms with Gasteiger partial charge in [-0.3, -0.25) is 9.63 Å². The highest BCUT2D eigenvalue weighted by Crippen LogP contribution is 1.90. The fraction of sp³-hybridized carbons (Fsp3) is 0.800. The van der Waals surface area contributed by atoms with Crippen LogP contribution in [0.1, 0.15) is 0 Å². The molecule has 0 saturated heterocycles. The van der Waals surface area contributed by atoms with Crippen molar-refractivity contribution in [1.82, 2.24) is 5.06 Å². The molecule has 0 aliphatic heterocycles. The third-order valence-corrected chi connectivity index (χ3v) is 1.04. The van der Waals surface area contributed by atoms with Gasteiger partial charge in [-0.2, -0.15) is 0 Å². The first-order valence-corrected chi connectivity index (χ1v) is 2.74. The van der Waals surface area contributed by atoms with Crippen LogP contribution in [0.3, 0.4) is 0 Å². The molecule has 10 heavy (non-hydrogen) atoms. The highest BCUT2D eigenvalue weighted by atomic mass is 16.7. The van der Waals surface area contributed by atoms with E-state index < -0.39 is 18.6 Å². The molecule has 2 N–H and O–H groups in total. The van der Waals surface area contributed by atoms with Crippen LogP contribution in [-0.4, -0.2) is 48.1 Å². The number of likely N-dealkylation sites (N-methyl/N-ethyl adjacent to an activating group) is 1. The number of nitrogens with zero attached hydrogens (tertiary/aromatic N) is 1. The lowest BCUT2D eigenvalue weighted by Gasteiger charge is -2.15. The first-order chi connectivity index (χ1) is 4.63. The Hall–Kier alpha value is -0.650. The number of carbonyl (C=O) groups excluding carboxylic acids is 1. The van der Waals surface area contributed by atoms with Gasteiger partial charge in [0.15, 0.2) is 6.10 Å². The molecule has 1 atom stereocenters. The second kappa shape index (κ2) is 4.21. The van der Waals surface area contributed by atoms with Crippen molar-refractivity contribution in [2.24, 2.45) is 0 Å². The molecule has 0 spiro atoms. The molecule has 0 heterocycles. The predicted octanol–water partition coefficient (Wildman–Crippen LogP) is -1.64. The first kappa shape index (κ1) is 9.35. The van der Waals surface area contributed by atoms with Crippen LogP contribution in [0.15, 0.2) is 0 Å². The van der Waals surface area contributed by atoms with Crippen molar-refractivity contribution in [3.63, 3.8) is 0 Å². The Labute approximate surface area is 58.8 Å². The molecule has 0 bridgehead atoms. The summed E-state index contributed by atoms with van der Waals surface area (Å²) in [5.74, 6) is -0.662. The van der Waals surface area contributed by atoms with Crippen LogP contribution in [0.25, 0.3) is 0 Å². The van der Waals surface area contributed by atoms with E-state index in [1.165, 1.54) is 14.2 Å². The summed E-state index contributed by atoms with van der Waals surface area (Å²) >= 11 is 0. The van der Waals surface area contributed by atoms with Gasteiger partial charge in [0.1, 0.15) is 0 Å². The minimum atomic E-state index is -1.38. The van der Waals surface area contributed by atoms with E-state index >= 15 is 0 Å². The van der Waals surface area contributed by atoms with Gasteiger partial charge >= 0.3 is 0 Å². The second-order valence-electron chi connectivity index (χ2n) is 1.72. The van der Waals surface area contributed by atoms with E-state index in [-0.39, 0.29) is 0 Å². The van der Waals surface area contributed by atoms with Crippen LogP contribution in [-0.2, 0) is 9.63 Å². The van der Waals surface area contributed by atoms with E-state index in [2.05, 4.69) is 4.84 Å². The zero-order valence-corrected chi connectivity index (χ0v) is 5.94. The maximum atomic E-state index is 10.7. The number of carbonyl (C=O) groups is 1. The summed E-state index contributed by atoms with van der Waals surface area (Å²) in [6.07, 6.45) is -1.38. The Morgan fingerprint density at radius 2 is 2.30 bits per heavy atom. The van der Waals surface area contributed by atoms with Gasteiger partial charge in [-0.1, -0.05) is 0 Å². The van der Waals surface area contributed by atoms with Gasteiger partial charge in [0.05, 0.1) is 13.7 Å². The summed E-state index contributed by atoms with van der Waals surface area (Å²) in [5.41, 5.74) is 0. The second-order valence-corrected chi connectivity index (χ2v) is 1.72. The lowest BCUT2D eigenvalue weighted by atomic mass is 10.3. The fourth-order valence-electron chi connectivity index (χ4n) is 0.378. The smallest absolute Gasteiger partial charge is 0.277 e. The molecule has 0 aromatic rings. The Morgan fingerprint density at radius 3 is 2.60 bits per heavy atom. The molecule has 0 radical (unpaired) electrons. The summed E-state index contributed by atoms with van der Waals surface area (Å²) in [5, 5.41) is 17.9. The minimum absolute atomic E-state index is 0.591. The molecule has 5 heteroatoms. The molecule has 0 aromatic heterocycles. The Kier molecular flexibility index (Phi) is 3.94. The van der Waals surface area contributed by atoms with Crippen molar-refractivity contribution in [1.29, 1.82) is 0 Å². The number of rotatable bonds is 3. The molecule has 1 unspecified atom stereocenters. The monoisotopic (exact) mass is 149 g/mol. The summed E-state index contributed by atoms with van der Waals surface area (Å²) in [6.45, 7) is -0.591. The van der Waals surface area contributed by atoms with E-state index in [4.69, 9.17) is 10.2 Å². The maximum Gasteiger partial charge on any atom is 0.277 e. The molecule has 0 aromatic carbocycles. The van der Waals surface area contributed by atoms with Gasteiger partial charge < -0.3 is 10.2 Å². The van der Waals surface area contributed by atoms with Crippen LogP contribution in [0.5, 0.6) is 0 Å². The zero-order chi connectivity index (χ0) is 8.15. The summed E-state index contributed by atoms with van der Waals surface area (Å²) in [7, 11) is 2.64. The highest BCUT2D eigenvalue weighted by Gasteiger charge is 2.17. The quantitative estimate of drug-likeness (QED) is 0.472. The molecule has 0 aliphatic carbocycles. The first-order valence-electron chi connectivity index (χ1n) is 2.74. The average Bonchev–Trinajstić information content (AvgIpc) is 2.00. The van der Waals surface area contributed by atoms with Crippen molar-refractivity contribution in [2.75, 3.05) is 20.8 Å². The van der Waals surface area contributed by atoms with Crippen molar-refractivity contribution >= 4 is 5.91 Å². The van der Waals surface area contributed by atoms with Crippen molar-refractivity contribution in [3.05, 3.63) is 0 Å². The molecule has 0 saturated carbocycles. The van der Waals surface area contributed by atoms with E-state index in [9.17, 15) is 4.79 Å². The Bertz CT molecular complexity index is 104. The number of hydrogen-bond donors (Lipinski definition) is 2. The number of hydroxylamine groups is 2. The molecular formula is C5H11NO4. The van der Waals surface area contributed by atoms with Crippen LogP contribution in [0.4, 0.5) is 0 Å². The van der Waals surface area contributed by atoms with Crippen LogP contribution in [0.2, 0.25) is 0 Å². The van der Waals surface area contributed by atoms with Gasteiger partial charge in [-0.25, -0.2) is 5.06 Å². The zero-order valence-electron chi connectivity index (χ0n) is 5.94. The lowest BCUT2D eigenvalue weighted by Crippen LogP contribution is -2.37. The van der Waals surface area contributed by atoms with Crippen molar-refractivity contribution < 1.29 is 19.8 Å².